The molecule has 1 N–H and O–H groups in total. The van der Waals surface area contributed by atoms with Crippen LogP contribution in [0.25, 0.3) is 0 Å². The quantitative estimate of drug-likeness (QED) is 0.922. The molecular weight excluding hydrogens is 278 g/mol. The van der Waals surface area contributed by atoms with Gasteiger partial charge in [-0.05, 0) is 71.5 Å². The Labute approximate surface area is 111 Å². The number of hydrogen-bond donors (Lipinski definition) is 1. The minimum absolute atomic E-state index is 0.407. The van der Waals surface area contributed by atoms with E-state index in [4.69, 9.17) is 0 Å². The number of aliphatic hydroxyl groups excluding tert-OH is 1. The molecule has 3 heteroatoms. The Hall–Kier alpha value is -0.410. The second-order valence-corrected chi connectivity index (χ2v) is 6.41. The summed E-state index contributed by atoms with van der Waals surface area (Å²) in [5.74, 6) is 2.54. The lowest BCUT2D eigenvalue weighted by Gasteiger charge is -2.24. The molecule has 0 radical (unpaired) electrons. The van der Waals surface area contributed by atoms with Crippen LogP contribution < -0.4 is 0 Å². The first-order valence-corrected chi connectivity index (χ1v) is 7.32. The molecule has 4 unspecified atom stereocenters. The van der Waals surface area contributed by atoms with Crippen molar-refractivity contribution in [1.29, 1.82) is 0 Å². The zero-order valence-electron chi connectivity index (χ0n) is 9.85. The molecule has 1 aromatic heterocycles. The van der Waals surface area contributed by atoms with Gasteiger partial charge in [0.05, 0.1) is 11.8 Å². The van der Waals surface area contributed by atoms with Crippen molar-refractivity contribution in [1.82, 2.24) is 4.98 Å². The van der Waals surface area contributed by atoms with Crippen molar-refractivity contribution in [3.05, 3.63) is 28.5 Å². The molecule has 2 fully saturated rings. The van der Waals surface area contributed by atoms with Crippen LogP contribution in [0.4, 0.5) is 0 Å². The van der Waals surface area contributed by atoms with Crippen LogP contribution >= 0.6 is 15.9 Å². The van der Waals surface area contributed by atoms with Gasteiger partial charge in [-0.15, -0.1) is 0 Å². The molecule has 2 bridgehead atoms. The Kier molecular flexibility index (Phi) is 3.22. The Balaban J connectivity index is 1.68. The van der Waals surface area contributed by atoms with E-state index in [1.54, 1.807) is 6.20 Å². The molecule has 3 rings (SSSR count). The average Bonchev–Trinajstić information content (AvgIpc) is 2.91. The van der Waals surface area contributed by atoms with Crippen LogP contribution in [0, 0.1) is 17.8 Å². The van der Waals surface area contributed by atoms with Crippen molar-refractivity contribution in [2.24, 2.45) is 17.8 Å². The van der Waals surface area contributed by atoms with E-state index in [0.29, 0.717) is 0 Å². The van der Waals surface area contributed by atoms with E-state index in [9.17, 15) is 5.11 Å². The third-order valence-electron chi connectivity index (χ3n) is 4.51. The first-order chi connectivity index (χ1) is 8.24. The van der Waals surface area contributed by atoms with Crippen molar-refractivity contribution in [2.75, 3.05) is 0 Å². The van der Waals surface area contributed by atoms with Gasteiger partial charge < -0.3 is 5.11 Å². The minimum atomic E-state index is -0.407. The van der Waals surface area contributed by atoms with Crippen molar-refractivity contribution in [3.8, 4) is 0 Å². The second kappa shape index (κ2) is 4.69. The van der Waals surface area contributed by atoms with Crippen molar-refractivity contribution in [3.63, 3.8) is 0 Å². The van der Waals surface area contributed by atoms with Crippen LogP contribution in [0.15, 0.2) is 22.8 Å². The fourth-order valence-corrected chi connectivity index (χ4v) is 4.23. The smallest absolute Gasteiger partial charge is 0.0974 e. The summed E-state index contributed by atoms with van der Waals surface area (Å²) in [6.07, 6.45) is 7.76. The molecule has 17 heavy (non-hydrogen) atoms. The number of aliphatic hydroxyl groups is 1. The van der Waals surface area contributed by atoms with E-state index in [2.05, 4.69) is 20.9 Å². The van der Waals surface area contributed by atoms with Gasteiger partial charge in [0, 0.05) is 10.7 Å². The monoisotopic (exact) mass is 295 g/mol. The summed E-state index contributed by atoms with van der Waals surface area (Å²) >= 11 is 3.46. The first-order valence-electron chi connectivity index (χ1n) is 6.52. The molecule has 1 heterocycles. The van der Waals surface area contributed by atoms with Crippen LogP contribution in [-0.2, 0) is 0 Å². The highest BCUT2D eigenvalue weighted by Crippen LogP contribution is 2.51. The molecule has 0 saturated heterocycles. The summed E-state index contributed by atoms with van der Waals surface area (Å²) in [6.45, 7) is 0. The van der Waals surface area contributed by atoms with E-state index in [0.717, 1.165) is 34.3 Å². The fourth-order valence-electron chi connectivity index (χ4n) is 3.71. The molecular formula is C14H18BrNO. The van der Waals surface area contributed by atoms with Gasteiger partial charge in [-0.1, -0.05) is 6.42 Å². The number of fused-ring (bicyclic) bond motifs is 2. The summed E-state index contributed by atoms with van der Waals surface area (Å²) in [5, 5.41) is 10.3. The Morgan fingerprint density at radius 3 is 2.94 bits per heavy atom. The SMILES string of the molecule is OC(CC1CC2CCC1C2)c1ncccc1Br. The largest absolute Gasteiger partial charge is 0.387 e. The molecule has 2 saturated carbocycles. The number of halogens is 1. The van der Waals surface area contributed by atoms with E-state index in [1.165, 1.54) is 25.7 Å². The highest BCUT2D eigenvalue weighted by atomic mass is 79.9. The molecule has 2 nitrogen and oxygen atoms in total. The van der Waals surface area contributed by atoms with Crippen LogP contribution in [0.3, 0.4) is 0 Å². The minimum Gasteiger partial charge on any atom is -0.387 e. The average molecular weight is 296 g/mol. The third kappa shape index (κ3) is 2.27. The standard InChI is InChI=1S/C14H18BrNO/c15-12-2-1-5-16-14(12)13(17)8-11-7-9-3-4-10(11)6-9/h1-2,5,9-11,13,17H,3-4,6-8H2. The zero-order chi connectivity index (χ0) is 11.8. The lowest BCUT2D eigenvalue weighted by atomic mass is 9.84. The fraction of sp³-hybridized carbons (Fsp3) is 0.643. The molecule has 0 spiro atoms. The van der Waals surface area contributed by atoms with E-state index >= 15 is 0 Å². The number of nitrogens with zero attached hydrogens (tertiary/aromatic N) is 1. The number of hydrogen-bond acceptors (Lipinski definition) is 2. The van der Waals surface area contributed by atoms with Crippen LogP contribution in [0.1, 0.15) is 43.9 Å². The van der Waals surface area contributed by atoms with Gasteiger partial charge in [-0.3, -0.25) is 4.98 Å². The molecule has 2 aliphatic carbocycles. The van der Waals surface area contributed by atoms with Crippen molar-refractivity contribution < 1.29 is 5.11 Å². The third-order valence-corrected chi connectivity index (χ3v) is 5.18. The summed E-state index contributed by atoms with van der Waals surface area (Å²) in [7, 11) is 0. The zero-order valence-corrected chi connectivity index (χ0v) is 11.4. The predicted molar refractivity (Wildman–Crippen MR) is 70.5 cm³/mol. The number of pyridine rings is 1. The van der Waals surface area contributed by atoms with Gasteiger partial charge >= 0.3 is 0 Å². The Morgan fingerprint density at radius 2 is 2.29 bits per heavy atom. The van der Waals surface area contributed by atoms with E-state index < -0.39 is 6.10 Å². The molecule has 1 aromatic rings. The van der Waals surface area contributed by atoms with Crippen molar-refractivity contribution >= 4 is 15.9 Å². The van der Waals surface area contributed by atoms with Gasteiger partial charge in [0.25, 0.3) is 0 Å². The highest BCUT2D eigenvalue weighted by Gasteiger charge is 2.40. The number of aromatic nitrogens is 1. The molecule has 92 valence electrons. The highest BCUT2D eigenvalue weighted by molar-refractivity contribution is 9.10. The van der Waals surface area contributed by atoms with E-state index in [-0.39, 0.29) is 0 Å². The molecule has 2 aliphatic rings. The number of rotatable bonds is 3. The van der Waals surface area contributed by atoms with Gasteiger partial charge in [0.15, 0.2) is 0 Å². The topological polar surface area (TPSA) is 33.1 Å². The molecule has 0 aromatic carbocycles. The van der Waals surface area contributed by atoms with E-state index in [1.807, 2.05) is 12.1 Å². The molecule has 0 amide bonds. The van der Waals surface area contributed by atoms with Crippen molar-refractivity contribution in [2.45, 2.75) is 38.2 Å². The summed E-state index contributed by atoms with van der Waals surface area (Å²) < 4.78 is 0.927. The molecule has 0 aliphatic heterocycles. The van der Waals surface area contributed by atoms with Gasteiger partial charge in [-0.2, -0.15) is 0 Å². The Morgan fingerprint density at radius 1 is 1.41 bits per heavy atom. The predicted octanol–water partition coefficient (Wildman–Crippen LogP) is 3.70. The first kappa shape index (κ1) is 11.7. The van der Waals surface area contributed by atoms with Gasteiger partial charge in [0.1, 0.15) is 0 Å². The maximum absolute atomic E-state index is 10.3. The lowest BCUT2D eigenvalue weighted by molar-refractivity contribution is 0.121. The van der Waals surface area contributed by atoms with Gasteiger partial charge in [-0.25, -0.2) is 0 Å². The van der Waals surface area contributed by atoms with Crippen LogP contribution in [0.5, 0.6) is 0 Å². The van der Waals surface area contributed by atoms with Crippen LogP contribution in [0.2, 0.25) is 0 Å². The molecule has 4 atom stereocenters. The van der Waals surface area contributed by atoms with Gasteiger partial charge in [0.2, 0.25) is 0 Å². The second-order valence-electron chi connectivity index (χ2n) is 5.56. The lowest BCUT2D eigenvalue weighted by Crippen LogP contribution is -2.15. The maximum atomic E-state index is 10.3. The summed E-state index contributed by atoms with van der Waals surface area (Å²) in [4.78, 5) is 4.29. The normalized spacial score (nSPS) is 32.9. The summed E-state index contributed by atoms with van der Waals surface area (Å²) in [5.41, 5.74) is 0.801. The maximum Gasteiger partial charge on any atom is 0.0974 e. The van der Waals surface area contributed by atoms with Crippen LogP contribution in [-0.4, -0.2) is 10.1 Å². The Bertz CT molecular complexity index is 409. The summed E-state index contributed by atoms with van der Waals surface area (Å²) in [6, 6.07) is 3.84.